The summed E-state index contributed by atoms with van der Waals surface area (Å²) in [5.74, 6) is 0.479. The van der Waals surface area contributed by atoms with Gasteiger partial charge in [-0.05, 0) is 46.2 Å². The molecule has 0 radical (unpaired) electrons. The summed E-state index contributed by atoms with van der Waals surface area (Å²) in [5.41, 5.74) is 2.08. The van der Waals surface area contributed by atoms with Crippen molar-refractivity contribution in [2.75, 3.05) is 6.26 Å². The molecule has 0 fully saturated rings. The van der Waals surface area contributed by atoms with Crippen LogP contribution in [0.5, 0.6) is 0 Å². The fourth-order valence-corrected chi connectivity index (χ4v) is 4.10. The first-order valence-corrected chi connectivity index (χ1v) is 10.6. The van der Waals surface area contributed by atoms with Gasteiger partial charge in [0.15, 0.2) is 9.84 Å². The molecule has 0 saturated heterocycles. The van der Waals surface area contributed by atoms with Crippen molar-refractivity contribution in [3.63, 3.8) is 0 Å². The average molecular weight is 363 g/mol. The predicted molar refractivity (Wildman–Crippen MR) is 106 cm³/mol. The van der Waals surface area contributed by atoms with Gasteiger partial charge in [-0.1, -0.05) is 54.6 Å². The van der Waals surface area contributed by atoms with E-state index >= 15 is 0 Å². The Balaban J connectivity index is 1.72. The zero-order valence-corrected chi connectivity index (χ0v) is 15.4. The molecule has 0 amide bonds. The van der Waals surface area contributed by atoms with Gasteiger partial charge in [0.25, 0.3) is 0 Å². The van der Waals surface area contributed by atoms with Crippen LogP contribution in [-0.2, 0) is 9.84 Å². The third-order valence-corrected chi connectivity index (χ3v) is 6.12. The third kappa shape index (κ3) is 3.37. The molecular formula is C22H21NO2S. The van der Waals surface area contributed by atoms with Crippen LogP contribution in [0.25, 0.3) is 23.4 Å². The SMILES string of the molecule is CS(=O)(=O)c1ccc(-c2ccc3c(c2)=CNC2C=CC=CC2CC=3)cc1. The van der Waals surface area contributed by atoms with Gasteiger partial charge in [-0.15, -0.1) is 0 Å². The van der Waals surface area contributed by atoms with Crippen molar-refractivity contribution in [2.45, 2.75) is 17.4 Å². The third-order valence-electron chi connectivity index (χ3n) is 4.99. The molecule has 1 N–H and O–H groups in total. The predicted octanol–water partition coefficient (Wildman–Crippen LogP) is 2.38. The summed E-state index contributed by atoms with van der Waals surface area (Å²) < 4.78 is 23.3. The number of allylic oxidation sites excluding steroid dienone is 2. The minimum atomic E-state index is -3.17. The quantitative estimate of drug-likeness (QED) is 0.891. The van der Waals surface area contributed by atoms with E-state index < -0.39 is 9.84 Å². The van der Waals surface area contributed by atoms with Crippen LogP contribution in [0.1, 0.15) is 6.42 Å². The van der Waals surface area contributed by atoms with Crippen LogP contribution in [-0.4, -0.2) is 20.7 Å². The van der Waals surface area contributed by atoms with Crippen LogP contribution in [0.4, 0.5) is 0 Å². The Labute approximate surface area is 154 Å². The second-order valence-electron chi connectivity index (χ2n) is 6.85. The molecule has 26 heavy (non-hydrogen) atoms. The largest absolute Gasteiger partial charge is 0.384 e. The van der Waals surface area contributed by atoms with Gasteiger partial charge in [-0.25, -0.2) is 8.42 Å². The number of fused-ring (bicyclic) bond motifs is 2. The van der Waals surface area contributed by atoms with Gasteiger partial charge < -0.3 is 5.32 Å². The average Bonchev–Trinajstić information content (AvgIpc) is 2.63. The van der Waals surface area contributed by atoms with Crippen molar-refractivity contribution in [1.82, 2.24) is 5.32 Å². The molecule has 0 spiro atoms. The first kappa shape index (κ1) is 16.9. The lowest BCUT2D eigenvalue weighted by molar-refractivity contribution is 0.541. The molecule has 1 aliphatic heterocycles. The van der Waals surface area contributed by atoms with Crippen LogP contribution >= 0.6 is 0 Å². The molecule has 4 rings (SSSR count). The lowest BCUT2D eigenvalue weighted by atomic mass is 9.90. The number of sulfone groups is 1. The lowest BCUT2D eigenvalue weighted by Crippen LogP contribution is -2.37. The van der Waals surface area contributed by atoms with Gasteiger partial charge in [0.05, 0.1) is 10.9 Å². The smallest absolute Gasteiger partial charge is 0.175 e. The molecule has 4 heteroatoms. The van der Waals surface area contributed by atoms with Crippen molar-refractivity contribution >= 4 is 22.1 Å². The van der Waals surface area contributed by atoms with Crippen LogP contribution in [0.2, 0.25) is 0 Å². The Kier molecular flexibility index (Phi) is 4.29. The summed E-state index contributed by atoms with van der Waals surface area (Å²) in [5, 5.41) is 5.89. The lowest BCUT2D eigenvalue weighted by Gasteiger charge is -2.24. The molecular weight excluding hydrogens is 342 g/mol. The monoisotopic (exact) mass is 363 g/mol. The summed E-state index contributed by atoms with van der Waals surface area (Å²) >= 11 is 0. The van der Waals surface area contributed by atoms with E-state index in [4.69, 9.17) is 0 Å². The second kappa shape index (κ2) is 6.61. The first-order chi connectivity index (χ1) is 12.5. The van der Waals surface area contributed by atoms with Gasteiger partial charge in [0, 0.05) is 18.4 Å². The normalized spacial score (nSPS) is 21.3. The topological polar surface area (TPSA) is 46.2 Å². The van der Waals surface area contributed by atoms with Crippen molar-refractivity contribution in [3.8, 4) is 11.1 Å². The molecule has 2 unspecified atom stereocenters. The van der Waals surface area contributed by atoms with E-state index in [2.05, 4.69) is 60.1 Å². The van der Waals surface area contributed by atoms with Gasteiger partial charge in [0.2, 0.25) is 0 Å². The van der Waals surface area contributed by atoms with Crippen molar-refractivity contribution in [1.29, 1.82) is 0 Å². The van der Waals surface area contributed by atoms with Crippen molar-refractivity contribution in [3.05, 3.63) is 77.2 Å². The number of hydrogen-bond donors (Lipinski definition) is 1. The Morgan fingerprint density at radius 1 is 0.923 bits per heavy atom. The Morgan fingerprint density at radius 2 is 1.65 bits per heavy atom. The van der Waals surface area contributed by atoms with E-state index in [-0.39, 0.29) is 0 Å². The molecule has 0 aromatic heterocycles. The summed E-state index contributed by atoms with van der Waals surface area (Å²) in [6.45, 7) is 0. The summed E-state index contributed by atoms with van der Waals surface area (Å²) in [6.07, 6.45) is 15.3. The fraction of sp³-hybridized carbons (Fsp3) is 0.182. The zero-order chi connectivity index (χ0) is 18.1. The standard InChI is InChI=1S/C22H21NO2S/c1-26(24,25)21-12-10-16(11-13-21)19-9-7-17-6-8-18-4-2-3-5-22(18)23-15-20(17)14-19/h2-7,9-15,18,22-23H,8H2,1H3. The van der Waals surface area contributed by atoms with Crippen LogP contribution < -0.4 is 15.8 Å². The maximum absolute atomic E-state index is 11.6. The van der Waals surface area contributed by atoms with Gasteiger partial charge >= 0.3 is 0 Å². The second-order valence-corrected chi connectivity index (χ2v) is 8.87. The first-order valence-electron chi connectivity index (χ1n) is 8.73. The molecule has 1 heterocycles. The Morgan fingerprint density at radius 3 is 2.42 bits per heavy atom. The molecule has 2 aliphatic rings. The molecule has 2 aromatic rings. The minimum Gasteiger partial charge on any atom is -0.384 e. The Hall–Kier alpha value is -2.59. The minimum absolute atomic E-state index is 0.321. The summed E-state index contributed by atoms with van der Waals surface area (Å²) in [7, 11) is -3.17. The van der Waals surface area contributed by atoms with Crippen LogP contribution in [0, 0.1) is 5.92 Å². The van der Waals surface area contributed by atoms with Gasteiger partial charge in [-0.3, -0.25) is 0 Å². The molecule has 0 bridgehead atoms. The number of hydrogen-bond acceptors (Lipinski definition) is 3. The number of nitrogens with one attached hydrogen (secondary N) is 1. The van der Waals surface area contributed by atoms with E-state index in [1.165, 1.54) is 11.5 Å². The van der Waals surface area contributed by atoms with E-state index in [1.54, 1.807) is 12.1 Å². The summed E-state index contributed by atoms with van der Waals surface area (Å²) in [6, 6.07) is 13.8. The highest BCUT2D eigenvalue weighted by Gasteiger charge is 2.17. The van der Waals surface area contributed by atoms with Crippen molar-refractivity contribution < 1.29 is 8.42 Å². The maximum atomic E-state index is 11.6. The van der Waals surface area contributed by atoms with Gasteiger partial charge in [-0.2, -0.15) is 0 Å². The van der Waals surface area contributed by atoms with Crippen LogP contribution in [0.3, 0.4) is 0 Å². The van der Waals surface area contributed by atoms with E-state index in [0.717, 1.165) is 22.8 Å². The highest BCUT2D eigenvalue weighted by Crippen LogP contribution is 2.20. The zero-order valence-electron chi connectivity index (χ0n) is 14.6. The molecule has 3 nitrogen and oxygen atoms in total. The maximum Gasteiger partial charge on any atom is 0.175 e. The highest BCUT2D eigenvalue weighted by molar-refractivity contribution is 7.90. The molecule has 132 valence electrons. The molecule has 2 atom stereocenters. The number of rotatable bonds is 2. The highest BCUT2D eigenvalue weighted by atomic mass is 32.2. The Bertz CT molecular complexity index is 1110. The van der Waals surface area contributed by atoms with Crippen molar-refractivity contribution in [2.24, 2.45) is 5.92 Å². The molecule has 1 aliphatic carbocycles. The molecule has 0 saturated carbocycles. The molecule has 2 aromatic carbocycles. The summed E-state index contributed by atoms with van der Waals surface area (Å²) in [4.78, 5) is 0.345. The fourth-order valence-electron chi connectivity index (χ4n) is 3.47. The van der Waals surface area contributed by atoms with E-state index in [0.29, 0.717) is 16.9 Å². The van der Waals surface area contributed by atoms with Crippen LogP contribution in [0.15, 0.2) is 71.7 Å². The number of benzene rings is 2. The van der Waals surface area contributed by atoms with E-state index in [9.17, 15) is 8.42 Å². The van der Waals surface area contributed by atoms with E-state index in [1.807, 2.05) is 12.1 Å². The van der Waals surface area contributed by atoms with Gasteiger partial charge in [0.1, 0.15) is 0 Å².